The van der Waals surface area contributed by atoms with Crippen LogP contribution in [0.2, 0.25) is 0 Å². The summed E-state index contributed by atoms with van der Waals surface area (Å²) in [7, 11) is 0. The lowest BCUT2D eigenvalue weighted by Crippen LogP contribution is -2.43. The van der Waals surface area contributed by atoms with E-state index in [2.05, 4.69) is 5.32 Å². The van der Waals surface area contributed by atoms with Crippen molar-refractivity contribution in [2.24, 2.45) is 0 Å². The topological polar surface area (TPSA) is 32.3 Å². The maximum absolute atomic E-state index is 14.5. The van der Waals surface area contributed by atoms with Crippen molar-refractivity contribution >= 4 is 17.3 Å². The van der Waals surface area contributed by atoms with E-state index in [1.54, 1.807) is 29.2 Å². The Morgan fingerprint density at radius 3 is 2.36 bits per heavy atom. The van der Waals surface area contributed by atoms with Gasteiger partial charge < -0.3 is 5.32 Å². The van der Waals surface area contributed by atoms with E-state index in [0.717, 1.165) is 11.3 Å². The molecule has 1 heterocycles. The number of carbonyl (C=O) groups is 1. The van der Waals surface area contributed by atoms with Crippen molar-refractivity contribution in [2.75, 3.05) is 10.2 Å². The monoisotopic (exact) mass is 332 g/mol. The van der Waals surface area contributed by atoms with Gasteiger partial charge in [0.1, 0.15) is 12.0 Å². The Hall–Kier alpha value is -3.14. The van der Waals surface area contributed by atoms with Gasteiger partial charge in [0.25, 0.3) is 5.91 Å². The van der Waals surface area contributed by atoms with Crippen LogP contribution in [-0.2, 0) is 0 Å². The summed E-state index contributed by atoms with van der Waals surface area (Å²) in [4.78, 5) is 14.8. The summed E-state index contributed by atoms with van der Waals surface area (Å²) in [5.74, 6) is -0.490. The normalized spacial score (nSPS) is 16.3. The van der Waals surface area contributed by atoms with Crippen molar-refractivity contribution in [1.29, 1.82) is 0 Å². The molecule has 3 aromatic carbocycles. The number of rotatable bonds is 2. The molecule has 0 saturated heterocycles. The summed E-state index contributed by atoms with van der Waals surface area (Å²) >= 11 is 0. The SMILES string of the molecule is Cc1ccc(N2C(=O)c3ccccc3N[C@H]2c2ccccc2F)cc1. The summed E-state index contributed by atoms with van der Waals surface area (Å²) in [6, 6.07) is 21.5. The number of carbonyl (C=O) groups excluding carboxylic acids is 1. The van der Waals surface area contributed by atoms with Gasteiger partial charge >= 0.3 is 0 Å². The summed E-state index contributed by atoms with van der Waals surface area (Å²) in [6.45, 7) is 1.99. The minimum absolute atomic E-state index is 0.147. The molecule has 0 aromatic heterocycles. The van der Waals surface area contributed by atoms with Gasteiger partial charge in [-0.3, -0.25) is 9.69 Å². The second kappa shape index (κ2) is 6.06. The first kappa shape index (κ1) is 15.4. The molecule has 4 heteroatoms. The zero-order chi connectivity index (χ0) is 17.4. The van der Waals surface area contributed by atoms with Crippen molar-refractivity contribution in [3.05, 3.63) is 95.3 Å². The van der Waals surface area contributed by atoms with Crippen molar-refractivity contribution in [2.45, 2.75) is 13.1 Å². The van der Waals surface area contributed by atoms with Crippen molar-refractivity contribution in [1.82, 2.24) is 0 Å². The van der Waals surface area contributed by atoms with Crippen LogP contribution in [0.4, 0.5) is 15.8 Å². The van der Waals surface area contributed by atoms with E-state index in [1.807, 2.05) is 49.4 Å². The number of hydrogen-bond donors (Lipinski definition) is 1. The van der Waals surface area contributed by atoms with Gasteiger partial charge in [-0.1, -0.05) is 48.0 Å². The molecule has 1 atom stereocenters. The highest BCUT2D eigenvalue weighted by Gasteiger charge is 2.35. The zero-order valence-corrected chi connectivity index (χ0v) is 13.7. The highest BCUT2D eigenvalue weighted by molar-refractivity contribution is 6.12. The van der Waals surface area contributed by atoms with Crippen LogP contribution in [0, 0.1) is 12.7 Å². The molecule has 3 aromatic rings. The number of nitrogens with zero attached hydrogens (tertiary/aromatic N) is 1. The third-order valence-corrected chi connectivity index (χ3v) is 4.44. The summed E-state index contributed by atoms with van der Waals surface area (Å²) in [5.41, 5.74) is 3.56. The zero-order valence-electron chi connectivity index (χ0n) is 13.7. The number of amides is 1. The number of aryl methyl sites for hydroxylation is 1. The Bertz CT molecular complexity index is 937. The number of hydrogen-bond acceptors (Lipinski definition) is 2. The van der Waals surface area contributed by atoms with Gasteiger partial charge in [-0.2, -0.15) is 0 Å². The molecule has 0 bridgehead atoms. The van der Waals surface area contributed by atoms with Gasteiger partial charge in [0.05, 0.1) is 5.56 Å². The fourth-order valence-corrected chi connectivity index (χ4v) is 3.14. The average molecular weight is 332 g/mol. The Morgan fingerprint density at radius 1 is 0.920 bits per heavy atom. The van der Waals surface area contributed by atoms with Gasteiger partial charge in [-0.05, 0) is 37.3 Å². The van der Waals surface area contributed by atoms with Crippen LogP contribution in [0.5, 0.6) is 0 Å². The standard InChI is InChI=1S/C21H17FN2O/c1-14-10-12-15(13-11-14)24-20(16-6-2-4-8-18(16)22)23-19-9-5-3-7-17(19)21(24)25/h2-13,20,23H,1H3/t20-/m1/s1. The molecule has 0 radical (unpaired) electrons. The minimum Gasteiger partial charge on any atom is -0.360 e. The third kappa shape index (κ3) is 2.66. The van der Waals surface area contributed by atoms with Gasteiger partial charge in [0, 0.05) is 16.9 Å². The van der Waals surface area contributed by atoms with Crippen LogP contribution in [0.1, 0.15) is 27.7 Å². The summed E-state index contributed by atoms with van der Waals surface area (Å²) in [6.07, 6.45) is -0.605. The second-order valence-electron chi connectivity index (χ2n) is 6.12. The lowest BCUT2D eigenvalue weighted by Gasteiger charge is -2.38. The molecule has 3 nitrogen and oxygen atoms in total. The lowest BCUT2D eigenvalue weighted by molar-refractivity contribution is 0.0974. The van der Waals surface area contributed by atoms with Crippen LogP contribution in [0.25, 0.3) is 0 Å². The molecule has 0 unspecified atom stereocenters. The predicted molar refractivity (Wildman–Crippen MR) is 97.2 cm³/mol. The van der Waals surface area contributed by atoms with Gasteiger partial charge in [-0.25, -0.2) is 4.39 Å². The number of para-hydroxylation sites is 1. The number of benzene rings is 3. The van der Waals surface area contributed by atoms with E-state index in [4.69, 9.17) is 0 Å². The molecule has 0 spiro atoms. The van der Waals surface area contributed by atoms with E-state index >= 15 is 0 Å². The molecule has 1 aliphatic rings. The maximum atomic E-state index is 14.5. The molecule has 25 heavy (non-hydrogen) atoms. The smallest absolute Gasteiger partial charge is 0.262 e. The molecule has 1 aliphatic heterocycles. The molecule has 0 fully saturated rings. The van der Waals surface area contributed by atoms with E-state index in [1.165, 1.54) is 6.07 Å². The Balaban J connectivity index is 1.89. The van der Waals surface area contributed by atoms with Crippen LogP contribution in [0.15, 0.2) is 72.8 Å². The molecule has 1 amide bonds. The molecule has 4 rings (SSSR count). The number of halogens is 1. The van der Waals surface area contributed by atoms with Crippen LogP contribution < -0.4 is 10.2 Å². The largest absolute Gasteiger partial charge is 0.360 e. The summed E-state index contributed by atoms with van der Waals surface area (Å²) in [5, 5.41) is 3.31. The summed E-state index contributed by atoms with van der Waals surface area (Å²) < 4.78 is 14.5. The molecular formula is C21H17FN2O. The molecule has 1 N–H and O–H groups in total. The number of fused-ring (bicyclic) bond motifs is 1. The Labute approximate surface area is 145 Å². The predicted octanol–water partition coefficient (Wildman–Crippen LogP) is 4.91. The van der Waals surface area contributed by atoms with E-state index in [0.29, 0.717) is 16.8 Å². The first-order valence-corrected chi connectivity index (χ1v) is 8.15. The fourth-order valence-electron chi connectivity index (χ4n) is 3.14. The number of anilines is 2. The first-order valence-electron chi connectivity index (χ1n) is 8.15. The second-order valence-corrected chi connectivity index (χ2v) is 6.12. The molecule has 0 aliphatic carbocycles. The van der Waals surface area contributed by atoms with E-state index in [-0.39, 0.29) is 11.7 Å². The Kier molecular flexibility index (Phi) is 3.73. The molecular weight excluding hydrogens is 315 g/mol. The van der Waals surface area contributed by atoms with Gasteiger partial charge in [-0.15, -0.1) is 0 Å². The average Bonchev–Trinajstić information content (AvgIpc) is 2.63. The highest BCUT2D eigenvalue weighted by atomic mass is 19.1. The Morgan fingerprint density at radius 2 is 1.60 bits per heavy atom. The number of nitrogens with one attached hydrogen (secondary N) is 1. The van der Waals surface area contributed by atoms with E-state index in [9.17, 15) is 9.18 Å². The van der Waals surface area contributed by atoms with Crippen molar-refractivity contribution < 1.29 is 9.18 Å². The molecule has 124 valence electrons. The van der Waals surface area contributed by atoms with E-state index < -0.39 is 6.17 Å². The quantitative estimate of drug-likeness (QED) is 0.723. The highest BCUT2D eigenvalue weighted by Crippen LogP contribution is 2.37. The van der Waals surface area contributed by atoms with Gasteiger partial charge in [0.15, 0.2) is 0 Å². The van der Waals surface area contributed by atoms with Gasteiger partial charge in [0.2, 0.25) is 0 Å². The first-order chi connectivity index (χ1) is 12.1. The maximum Gasteiger partial charge on any atom is 0.262 e. The van der Waals surface area contributed by atoms with Crippen molar-refractivity contribution in [3.8, 4) is 0 Å². The van der Waals surface area contributed by atoms with Crippen molar-refractivity contribution in [3.63, 3.8) is 0 Å². The van der Waals surface area contributed by atoms with Crippen LogP contribution in [0.3, 0.4) is 0 Å². The third-order valence-electron chi connectivity index (χ3n) is 4.44. The molecule has 0 saturated carbocycles. The van der Waals surface area contributed by atoms with Crippen LogP contribution in [-0.4, -0.2) is 5.91 Å². The fraction of sp³-hybridized carbons (Fsp3) is 0.0952. The van der Waals surface area contributed by atoms with Crippen LogP contribution >= 0.6 is 0 Å². The minimum atomic E-state index is -0.605. The lowest BCUT2D eigenvalue weighted by atomic mass is 10.0.